The Bertz CT molecular complexity index is 352. The SMILES string of the molecule is Nc1cncnc1NCC1(O)CCOCC1. The van der Waals surface area contributed by atoms with Gasteiger partial charge in [0, 0.05) is 32.6 Å². The highest BCUT2D eigenvalue weighted by atomic mass is 16.5. The monoisotopic (exact) mass is 224 g/mol. The van der Waals surface area contributed by atoms with E-state index in [1.807, 2.05) is 0 Å². The fraction of sp³-hybridized carbons (Fsp3) is 0.600. The second kappa shape index (κ2) is 4.63. The molecule has 0 amide bonds. The Labute approximate surface area is 93.9 Å². The lowest BCUT2D eigenvalue weighted by atomic mass is 9.94. The van der Waals surface area contributed by atoms with E-state index in [1.165, 1.54) is 12.5 Å². The Morgan fingerprint density at radius 1 is 1.50 bits per heavy atom. The summed E-state index contributed by atoms with van der Waals surface area (Å²) in [4.78, 5) is 7.80. The molecule has 0 unspecified atom stereocenters. The molecule has 1 aliphatic heterocycles. The van der Waals surface area contributed by atoms with E-state index in [1.54, 1.807) is 0 Å². The second-order valence-corrected chi connectivity index (χ2v) is 4.02. The van der Waals surface area contributed by atoms with Crippen molar-refractivity contribution in [2.24, 2.45) is 0 Å². The van der Waals surface area contributed by atoms with Crippen LogP contribution in [0.5, 0.6) is 0 Å². The lowest BCUT2D eigenvalue weighted by Gasteiger charge is -2.32. The second-order valence-electron chi connectivity index (χ2n) is 4.02. The third-order valence-corrected chi connectivity index (χ3v) is 2.75. The first-order valence-corrected chi connectivity index (χ1v) is 5.29. The van der Waals surface area contributed by atoms with Gasteiger partial charge in [-0.05, 0) is 0 Å². The molecule has 0 aromatic carbocycles. The van der Waals surface area contributed by atoms with Gasteiger partial charge in [-0.3, -0.25) is 0 Å². The Morgan fingerprint density at radius 3 is 2.94 bits per heavy atom. The molecule has 0 radical (unpaired) electrons. The molecule has 2 rings (SSSR count). The lowest BCUT2D eigenvalue weighted by molar-refractivity contribution is -0.0543. The molecule has 2 heterocycles. The number of nitrogens with two attached hydrogens (primary N) is 1. The molecule has 4 N–H and O–H groups in total. The van der Waals surface area contributed by atoms with Crippen LogP contribution < -0.4 is 11.1 Å². The Kier molecular flexibility index (Phi) is 3.21. The molecule has 0 saturated carbocycles. The van der Waals surface area contributed by atoms with Gasteiger partial charge in [0.25, 0.3) is 0 Å². The van der Waals surface area contributed by atoms with Crippen LogP contribution in [0.25, 0.3) is 0 Å². The van der Waals surface area contributed by atoms with Gasteiger partial charge in [0.05, 0.1) is 17.5 Å². The van der Waals surface area contributed by atoms with Crippen LogP contribution >= 0.6 is 0 Å². The predicted molar refractivity (Wildman–Crippen MR) is 59.9 cm³/mol. The van der Waals surface area contributed by atoms with Crippen LogP contribution in [-0.2, 0) is 4.74 Å². The van der Waals surface area contributed by atoms with Crippen LogP contribution in [0.1, 0.15) is 12.8 Å². The number of hydrogen-bond donors (Lipinski definition) is 3. The van der Waals surface area contributed by atoms with Crippen LogP contribution in [0.2, 0.25) is 0 Å². The highest BCUT2D eigenvalue weighted by Crippen LogP contribution is 2.21. The zero-order valence-electron chi connectivity index (χ0n) is 9.02. The van der Waals surface area contributed by atoms with E-state index in [9.17, 15) is 5.11 Å². The van der Waals surface area contributed by atoms with Gasteiger partial charge in [0.2, 0.25) is 0 Å². The minimum Gasteiger partial charge on any atom is -0.394 e. The van der Waals surface area contributed by atoms with Crippen LogP contribution in [0.4, 0.5) is 11.5 Å². The van der Waals surface area contributed by atoms with Crippen molar-refractivity contribution in [3.63, 3.8) is 0 Å². The Morgan fingerprint density at radius 2 is 2.25 bits per heavy atom. The van der Waals surface area contributed by atoms with Gasteiger partial charge < -0.3 is 20.9 Å². The summed E-state index contributed by atoms with van der Waals surface area (Å²) in [5.41, 5.74) is 5.44. The molecule has 1 saturated heterocycles. The van der Waals surface area contributed by atoms with Crippen molar-refractivity contribution in [3.8, 4) is 0 Å². The molecule has 0 atom stereocenters. The fourth-order valence-electron chi connectivity index (χ4n) is 1.66. The molecule has 88 valence electrons. The zero-order valence-corrected chi connectivity index (χ0v) is 9.02. The van der Waals surface area contributed by atoms with Gasteiger partial charge in [-0.15, -0.1) is 0 Å². The van der Waals surface area contributed by atoms with Crippen LogP contribution in [0, 0.1) is 0 Å². The van der Waals surface area contributed by atoms with Gasteiger partial charge in [-0.25, -0.2) is 9.97 Å². The third kappa shape index (κ3) is 2.59. The minimum absolute atomic E-state index is 0.428. The average molecular weight is 224 g/mol. The predicted octanol–water partition coefficient (Wildman–Crippen LogP) is 0.0122. The largest absolute Gasteiger partial charge is 0.394 e. The normalized spacial score (nSPS) is 19.3. The number of anilines is 2. The molecule has 0 spiro atoms. The number of nitrogen functional groups attached to an aromatic ring is 1. The summed E-state index contributed by atoms with van der Waals surface area (Å²) >= 11 is 0. The first-order chi connectivity index (χ1) is 7.70. The van der Waals surface area contributed by atoms with Gasteiger partial charge in [0.1, 0.15) is 6.33 Å². The van der Waals surface area contributed by atoms with Crippen molar-refractivity contribution in [3.05, 3.63) is 12.5 Å². The standard InChI is InChI=1S/C10H16N4O2/c11-8-5-12-7-14-9(8)13-6-10(15)1-3-16-4-2-10/h5,7,15H,1-4,6,11H2,(H,12,13,14). The summed E-state index contributed by atoms with van der Waals surface area (Å²) in [5.74, 6) is 0.565. The van der Waals surface area contributed by atoms with E-state index >= 15 is 0 Å². The maximum Gasteiger partial charge on any atom is 0.152 e. The fourth-order valence-corrected chi connectivity index (χ4v) is 1.66. The summed E-state index contributed by atoms with van der Waals surface area (Å²) in [6.07, 6.45) is 4.21. The van der Waals surface area contributed by atoms with Crippen molar-refractivity contribution in [2.45, 2.75) is 18.4 Å². The van der Waals surface area contributed by atoms with E-state index in [0.29, 0.717) is 44.1 Å². The highest BCUT2D eigenvalue weighted by molar-refractivity contribution is 5.59. The molecule has 0 bridgehead atoms. The van der Waals surface area contributed by atoms with Crippen molar-refractivity contribution in [2.75, 3.05) is 30.8 Å². The summed E-state index contributed by atoms with van der Waals surface area (Å²) in [6, 6.07) is 0. The molecule has 1 aliphatic rings. The van der Waals surface area contributed by atoms with Crippen LogP contribution in [0.15, 0.2) is 12.5 Å². The number of hydrogen-bond acceptors (Lipinski definition) is 6. The highest BCUT2D eigenvalue weighted by Gasteiger charge is 2.29. The number of nitrogens with zero attached hydrogens (tertiary/aromatic N) is 2. The van der Waals surface area contributed by atoms with Gasteiger partial charge in [-0.2, -0.15) is 0 Å². The van der Waals surface area contributed by atoms with Crippen LogP contribution in [-0.4, -0.2) is 40.4 Å². The molecule has 6 nitrogen and oxygen atoms in total. The summed E-state index contributed by atoms with van der Waals surface area (Å²) in [5, 5.41) is 13.2. The van der Waals surface area contributed by atoms with E-state index in [-0.39, 0.29) is 0 Å². The molecule has 1 aromatic heterocycles. The summed E-state index contributed by atoms with van der Waals surface area (Å²) < 4.78 is 5.20. The molecule has 6 heteroatoms. The zero-order chi connectivity index (χ0) is 11.4. The number of ether oxygens (including phenoxy) is 1. The van der Waals surface area contributed by atoms with Crippen molar-refractivity contribution >= 4 is 11.5 Å². The molecular weight excluding hydrogens is 208 g/mol. The van der Waals surface area contributed by atoms with Gasteiger partial charge in [-0.1, -0.05) is 0 Å². The number of rotatable bonds is 3. The van der Waals surface area contributed by atoms with Gasteiger partial charge in [0.15, 0.2) is 5.82 Å². The molecule has 16 heavy (non-hydrogen) atoms. The third-order valence-electron chi connectivity index (χ3n) is 2.75. The number of nitrogens with one attached hydrogen (secondary N) is 1. The van der Waals surface area contributed by atoms with Crippen LogP contribution in [0.3, 0.4) is 0 Å². The first-order valence-electron chi connectivity index (χ1n) is 5.29. The Hall–Kier alpha value is -1.40. The molecule has 1 fully saturated rings. The van der Waals surface area contributed by atoms with E-state index in [4.69, 9.17) is 10.5 Å². The maximum atomic E-state index is 10.2. The molecule has 0 aliphatic carbocycles. The minimum atomic E-state index is -0.727. The van der Waals surface area contributed by atoms with Crippen molar-refractivity contribution in [1.82, 2.24) is 9.97 Å². The van der Waals surface area contributed by atoms with E-state index in [0.717, 1.165) is 0 Å². The van der Waals surface area contributed by atoms with E-state index < -0.39 is 5.60 Å². The quantitative estimate of drug-likeness (QED) is 0.669. The molecule has 1 aromatic rings. The number of aromatic nitrogens is 2. The number of aliphatic hydroxyl groups is 1. The Balaban J connectivity index is 1.94. The topological polar surface area (TPSA) is 93.3 Å². The van der Waals surface area contributed by atoms with Crippen molar-refractivity contribution in [1.29, 1.82) is 0 Å². The van der Waals surface area contributed by atoms with E-state index in [2.05, 4.69) is 15.3 Å². The smallest absolute Gasteiger partial charge is 0.152 e. The lowest BCUT2D eigenvalue weighted by Crippen LogP contribution is -2.42. The summed E-state index contributed by atoms with van der Waals surface area (Å²) in [6.45, 7) is 1.62. The van der Waals surface area contributed by atoms with Gasteiger partial charge >= 0.3 is 0 Å². The summed E-state index contributed by atoms with van der Waals surface area (Å²) in [7, 11) is 0. The first kappa shape index (κ1) is 11.1. The van der Waals surface area contributed by atoms with Crippen molar-refractivity contribution < 1.29 is 9.84 Å². The molecular formula is C10H16N4O2. The average Bonchev–Trinajstić information content (AvgIpc) is 2.29. The maximum absolute atomic E-state index is 10.2.